The second-order valence-electron chi connectivity index (χ2n) is 5.24. The SMILES string of the molecule is COCC(O)CN(C)C(=O)C(C)Cc1c(C)noc1C. The summed E-state index contributed by atoms with van der Waals surface area (Å²) in [4.78, 5) is 13.8. The fourth-order valence-corrected chi connectivity index (χ4v) is 2.21. The third kappa shape index (κ3) is 4.31. The zero-order chi connectivity index (χ0) is 15.3. The van der Waals surface area contributed by atoms with Crippen LogP contribution in [0.1, 0.15) is 23.9 Å². The summed E-state index contributed by atoms with van der Waals surface area (Å²) < 4.78 is 9.95. The smallest absolute Gasteiger partial charge is 0.225 e. The molecule has 6 nitrogen and oxygen atoms in total. The summed E-state index contributed by atoms with van der Waals surface area (Å²) in [6.07, 6.45) is -0.0785. The molecule has 0 bridgehead atoms. The second kappa shape index (κ2) is 7.40. The van der Waals surface area contributed by atoms with Gasteiger partial charge in [-0.1, -0.05) is 12.1 Å². The maximum Gasteiger partial charge on any atom is 0.225 e. The van der Waals surface area contributed by atoms with Crippen LogP contribution in [0.3, 0.4) is 0 Å². The van der Waals surface area contributed by atoms with Crippen LogP contribution < -0.4 is 0 Å². The number of nitrogens with zero attached hydrogens (tertiary/aromatic N) is 2. The molecule has 1 heterocycles. The third-order valence-corrected chi connectivity index (χ3v) is 3.33. The molecule has 2 atom stereocenters. The number of carbonyl (C=O) groups is 1. The van der Waals surface area contributed by atoms with E-state index in [2.05, 4.69) is 5.16 Å². The number of aromatic nitrogens is 1. The minimum Gasteiger partial charge on any atom is -0.389 e. The molecule has 1 N–H and O–H groups in total. The molecule has 0 saturated carbocycles. The predicted molar refractivity (Wildman–Crippen MR) is 74.4 cm³/mol. The number of rotatable bonds is 7. The van der Waals surface area contributed by atoms with Crippen LogP contribution in [-0.4, -0.2) is 54.5 Å². The molecule has 6 heteroatoms. The Morgan fingerprint density at radius 3 is 2.65 bits per heavy atom. The third-order valence-electron chi connectivity index (χ3n) is 3.33. The lowest BCUT2D eigenvalue weighted by Crippen LogP contribution is -2.39. The molecule has 0 saturated heterocycles. The Kier molecular flexibility index (Phi) is 6.16. The number of likely N-dealkylation sites (N-methyl/N-ethyl adjacent to an activating group) is 1. The summed E-state index contributed by atoms with van der Waals surface area (Å²) in [5.74, 6) is 0.552. The van der Waals surface area contributed by atoms with Gasteiger partial charge in [-0.2, -0.15) is 0 Å². The van der Waals surface area contributed by atoms with Crippen molar-refractivity contribution in [2.75, 3.05) is 27.3 Å². The van der Waals surface area contributed by atoms with Gasteiger partial charge >= 0.3 is 0 Å². The highest BCUT2D eigenvalue weighted by Gasteiger charge is 2.22. The molecular formula is C14H24N2O4. The fraction of sp³-hybridized carbons (Fsp3) is 0.714. The fourth-order valence-electron chi connectivity index (χ4n) is 2.21. The number of aliphatic hydroxyl groups excluding tert-OH is 1. The summed E-state index contributed by atoms with van der Waals surface area (Å²) in [7, 11) is 3.20. The first-order valence-corrected chi connectivity index (χ1v) is 6.70. The van der Waals surface area contributed by atoms with Crippen LogP contribution in [0.15, 0.2) is 4.52 Å². The molecule has 0 aliphatic rings. The molecule has 20 heavy (non-hydrogen) atoms. The molecule has 0 aliphatic heterocycles. The van der Waals surface area contributed by atoms with Crippen LogP contribution in [0, 0.1) is 19.8 Å². The molecule has 0 aromatic carbocycles. The highest BCUT2D eigenvalue weighted by atomic mass is 16.5. The van der Waals surface area contributed by atoms with Gasteiger partial charge in [0.1, 0.15) is 5.76 Å². The van der Waals surface area contributed by atoms with E-state index in [-0.39, 0.29) is 25.0 Å². The van der Waals surface area contributed by atoms with Crippen molar-refractivity contribution in [3.63, 3.8) is 0 Å². The van der Waals surface area contributed by atoms with Crippen LogP contribution >= 0.6 is 0 Å². The van der Waals surface area contributed by atoms with Gasteiger partial charge in [0.05, 0.1) is 18.4 Å². The van der Waals surface area contributed by atoms with Gasteiger partial charge in [0, 0.05) is 32.2 Å². The topological polar surface area (TPSA) is 75.8 Å². The summed E-state index contributed by atoms with van der Waals surface area (Å²) in [5, 5.41) is 13.5. The Balaban J connectivity index is 2.58. The molecule has 0 aliphatic carbocycles. The monoisotopic (exact) mass is 284 g/mol. The van der Waals surface area contributed by atoms with E-state index >= 15 is 0 Å². The first-order valence-electron chi connectivity index (χ1n) is 6.70. The van der Waals surface area contributed by atoms with Crippen molar-refractivity contribution in [2.45, 2.75) is 33.3 Å². The summed E-state index contributed by atoms with van der Waals surface area (Å²) in [6.45, 7) is 6.07. The first-order chi connectivity index (χ1) is 9.36. The average Bonchev–Trinajstić information content (AvgIpc) is 2.69. The van der Waals surface area contributed by atoms with Crippen molar-refractivity contribution in [3.05, 3.63) is 17.0 Å². The molecule has 0 fully saturated rings. The standard InChI is InChI=1S/C14H24N2O4/c1-9(6-13-10(2)15-20-11(13)3)14(18)16(4)7-12(17)8-19-5/h9,12,17H,6-8H2,1-5H3. The molecule has 114 valence electrons. The van der Waals surface area contributed by atoms with Crippen molar-refractivity contribution in [2.24, 2.45) is 5.92 Å². The van der Waals surface area contributed by atoms with Crippen molar-refractivity contribution >= 4 is 5.91 Å². The Morgan fingerprint density at radius 2 is 2.15 bits per heavy atom. The van der Waals surface area contributed by atoms with Gasteiger partial charge in [-0.15, -0.1) is 0 Å². The van der Waals surface area contributed by atoms with Crippen LogP contribution in [0.4, 0.5) is 0 Å². The maximum atomic E-state index is 12.3. The van der Waals surface area contributed by atoms with Crippen molar-refractivity contribution in [3.8, 4) is 0 Å². The average molecular weight is 284 g/mol. The maximum absolute atomic E-state index is 12.3. The van der Waals surface area contributed by atoms with E-state index in [4.69, 9.17) is 9.26 Å². The van der Waals surface area contributed by atoms with Gasteiger partial charge in [0.25, 0.3) is 0 Å². The largest absolute Gasteiger partial charge is 0.389 e. The number of methoxy groups -OCH3 is 1. The summed E-state index contributed by atoms with van der Waals surface area (Å²) in [5.41, 5.74) is 1.81. The van der Waals surface area contributed by atoms with Gasteiger partial charge in [0.2, 0.25) is 5.91 Å². The van der Waals surface area contributed by atoms with Gasteiger partial charge in [0.15, 0.2) is 0 Å². The molecule has 1 aromatic heterocycles. The number of hydrogen-bond donors (Lipinski definition) is 1. The minimum atomic E-state index is -0.666. The highest BCUT2D eigenvalue weighted by molar-refractivity contribution is 5.78. The first kappa shape index (κ1) is 16.7. The van der Waals surface area contributed by atoms with Gasteiger partial charge in [-0.05, 0) is 20.3 Å². The Labute approximate surface area is 119 Å². The normalized spacial score (nSPS) is 14.1. The minimum absolute atomic E-state index is 0.0137. The number of hydrogen-bond acceptors (Lipinski definition) is 5. The number of aliphatic hydroxyl groups is 1. The summed E-state index contributed by atoms with van der Waals surface area (Å²) in [6, 6.07) is 0. The molecule has 1 rings (SSSR count). The van der Waals surface area contributed by atoms with E-state index in [0.29, 0.717) is 6.42 Å². The Bertz CT molecular complexity index is 425. The lowest BCUT2D eigenvalue weighted by molar-refractivity contribution is -0.135. The van der Waals surface area contributed by atoms with E-state index in [1.807, 2.05) is 20.8 Å². The molecule has 1 amide bonds. The van der Waals surface area contributed by atoms with E-state index < -0.39 is 6.10 Å². The van der Waals surface area contributed by atoms with E-state index in [1.165, 1.54) is 12.0 Å². The van der Waals surface area contributed by atoms with Crippen LogP contribution in [0.5, 0.6) is 0 Å². The molecule has 0 radical (unpaired) electrons. The molecule has 2 unspecified atom stereocenters. The van der Waals surface area contributed by atoms with E-state index in [1.54, 1.807) is 7.05 Å². The Hall–Kier alpha value is -1.40. The van der Waals surface area contributed by atoms with Gasteiger partial charge in [-0.25, -0.2) is 0 Å². The zero-order valence-electron chi connectivity index (χ0n) is 12.8. The van der Waals surface area contributed by atoms with Crippen LogP contribution in [0.2, 0.25) is 0 Å². The van der Waals surface area contributed by atoms with Crippen LogP contribution in [-0.2, 0) is 16.0 Å². The van der Waals surface area contributed by atoms with Gasteiger partial charge < -0.3 is 19.3 Å². The molecule has 0 spiro atoms. The Morgan fingerprint density at radius 1 is 1.50 bits per heavy atom. The lowest BCUT2D eigenvalue weighted by Gasteiger charge is -2.23. The van der Waals surface area contributed by atoms with Crippen molar-refractivity contribution in [1.82, 2.24) is 10.1 Å². The molecular weight excluding hydrogens is 260 g/mol. The predicted octanol–water partition coefficient (Wildman–Crippen LogP) is 0.936. The quantitative estimate of drug-likeness (QED) is 0.806. The number of amides is 1. The lowest BCUT2D eigenvalue weighted by atomic mass is 9.98. The number of carbonyl (C=O) groups excluding carboxylic acids is 1. The zero-order valence-corrected chi connectivity index (χ0v) is 12.8. The van der Waals surface area contributed by atoms with E-state index in [9.17, 15) is 9.90 Å². The molecule has 1 aromatic rings. The van der Waals surface area contributed by atoms with Crippen molar-refractivity contribution < 1.29 is 19.2 Å². The van der Waals surface area contributed by atoms with Gasteiger partial charge in [-0.3, -0.25) is 4.79 Å². The summed E-state index contributed by atoms with van der Waals surface area (Å²) >= 11 is 0. The number of aryl methyl sites for hydroxylation is 2. The van der Waals surface area contributed by atoms with Crippen molar-refractivity contribution in [1.29, 1.82) is 0 Å². The van der Waals surface area contributed by atoms with E-state index in [0.717, 1.165) is 17.0 Å². The van der Waals surface area contributed by atoms with Crippen LogP contribution in [0.25, 0.3) is 0 Å². The highest BCUT2D eigenvalue weighted by Crippen LogP contribution is 2.18. The second-order valence-corrected chi connectivity index (χ2v) is 5.24. The number of ether oxygens (including phenoxy) is 1.